The van der Waals surface area contributed by atoms with Crippen LogP contribution in [0.5, 0.6) is 5.75 Å². The van der Waals surface area contributed by atoms with Crippen molar-refractivity contribution in [1.82, 2.24) is 19.9 Å². The molecule has 3 aromatic rings. The first-order chi connectivity index (χ1) is 13.4. The number of nitrogens with zero attached hydrogens (tertiary/aromatic N) is 5. The predicted octanol–water partition coefficient (Wildman–Crippen LogP) is 3.01. The number of ether oxygens (including phenoxy) is 1. The number of unbranched alkanes of at least 4 members (excludes halogenated alkanes) is 1. The zero-order chi connectivity index (χ0) is 18.3. The van der Waals surface area contributed by atoms with Crippen molar-refractivity contribution < 1.29 is 4.74 Å². The Morgan fingerprint density at radius 3 is 2.48 bits per heavy atom. The molecule has 0 amide bonds. The van der Waals surface area contributed by atoms with E-state index in [1.54, 1.807) is 12.4 Å². The first-order valence-electron chi connectivity index (χ1n) is 9.61. The number of hydrogen-bond acceptors (Lipinski definition) is 6. The van der Waals surface area contributed by atoms with Gasteiger partial charge in [-0.1, -0.05) is 6.07 Å². The molecule has 0 radical (unpaired) electrons. The average Bonchev–Trinajstić information content (AvgIpc) is 2.75. The van der Waals surface area contributed by atoms with Crippen LogP contribution in [-0.4, -0.2) is 59.2 Å². The third-order valence-electron chi connectivity index (χ3n) is 4.94. The summed E-state index contributed by atoms with van der Waals surface area (Å²) < 4.78 is 6.00. The lowest BCUT2D eigenvalue weighted by Gasteiger charge is -2.34. The molecule has 1 saturated heterocycles. The molecule has 6 heteroatoms. The van der Waals surface area contributed by atoms with E-state index in [-0.39, 0.29) is 0 Å². The van der Waals surface area contributed by atoms with E-state index in [4.69, 9.17) is 4.74 Å². The number of fused-ring (bicyclic) bond motifs is 1. The van der Waals surface area contributed by atoms with Gasteiger partial charge in [0.2, 0.25) is 5.95 Å². The smallest absolute Gasteiger partial charge is 0.225 e. The number of piperazine rings is 1. The van der Waals surface area contributed by atoms with E-state index in [2.05, 4.69) is 30.8 Å². The van der Waals surface area contributed by atoms with Gasteiger partial charge in [-0.3, -0.25) is 9.88 Å². The summed E-state index contributed by atoms with van der Waals surface area (Å²) in [6.45, 7) is 5.96. The van der Waals surface area contributed by atoms with Gasteiger partial charge in [0.05, 0.1) is 12.1 Å². The van der Waals surface area contributed by atoms with Crippen molar-refractivity contribution in [2.75, 3.05) is 44.2 Å². The minimum Gasteiger partial charge on any atom is -0.493 e. The summed E-state index contributed by atoms with van der Waals surface area (Å²) in [5.41, 5.74) is 0.982. The molecule has 1 fully saturated rings. The Balaban J connectivity index is 1.17. The summed E-state index contributed by atoms with van der Waals surface area (Å²) in [7, 11) is 0. The molecule has 1 aliphatic rings. The van der Waals surface area contributed by atoms with Gasteiger partial charge in [-0.15, -0.1) is 0 Å². The third kappa shape index (κ3) is 4.52. The summed E-state index contributed by atoms with van der Waals surface area (Å²) in [5.74, 6) is 1.77. The molecule has 3 heterocycles. The van der Waals surface area contributed by atoms with E-state index in [1.165, 1.54) is 0 Å². The molecule has 140 valence electrons. The highest BCUT2D eigenvalue weighted by atomic mass is 16.5. The van der Waals surface area contributed by atoms with Crippen LogP contribution in [0.2, 0.25) is 0 Å². The number of aromatic nitrogens is 3. The van der Waals surface area contributed by atoms with Gasteiger partial charge in [0, 0.05) is 50.2 Å². The van der Waals surface area contributed by atoms with Crippen molar-refractivity contribution in [2.24, 2.45) is 0 Å². The third-order valence-corrected chi connectivity index (χ3v) is 4.94. The normalized spacial score (nSPS) is 15.2. The van der Waals surface area contributed by atoms with E-state index < -0.39 is 0 Å². The largest absolute Gasteiger partial charge is 0.493 e. The van der Waals surface area contributed by atoms with Crippen molar-refractivity contribution in [1.29, 1.82) is 0 Å². The van der Waals surface area contributed by atoms with Crippen molar-refractivity contribution >= 4 is 16.9 Å². The Labute approximate surface area is 159 Å². The number of pyridine rings is 1. The fraction of sp³-hybridized carbons (Fsp3) is 0.381. The maximum absolute atomic E-state index is 6.00. The van der Waals surface area contributed by atoms with E-state index in [0.29, 0.717) is 0 Å². The fourth-order valence-electron chi connectivity index (χ4n) is 3.45. The van der Waals surface area contributed by atoms with Crippen molar-refractivity contribution in [3.05, 3.63) is 55.0 Å². The highest BCUT2D eigenvalue weighted by molar-refractivity contribution is 5.84. The second kappa shape index (κ2) is 8.77. The highest BCUT2D eigenvalue weighted by Crippen LogP contribution is 2.23. The molecule has 1 aliphatic heterocycles. The topological polar surface area (TPSA) is 54.4 Å². The van der Waals surface area contributed by atoms with Crippen LogP contribution in [0.15, 0.2) is 55.0 Å². The molecular formula is C21H25N5O. The summed E-state index contributed by atoms with van der Waals surface area (Å²) in [6.07, 6.45) is 7.63. The van der Waals surface area contributed by atoms with Gasteiger partial charge in [0.25, 0.3) is 0 Å². The van der Waals surface area contributed by atoms with E-state index in [1.807, 2.05) is 36.5 Å². The zero-order valence-corrected chi connectivity index (χ0v) is 15.5. The van der Waals surface area contributed by atoms with E-state index in [0.717, 1.165) is 74.8 Å². The lowest BCUT2D eigenvalue weighted by molar-refractivity contribution is 0.238. The van der Waals surface area contributed by atoms with Crippen molar-refractivity contribution in [3.8, 4) is 5.75 Å². The van der Waals surface area contributed by atoms with Crippen LogP contribution in [0.4, 0.5) is 5.95 Å². The Bertz CT molecular complexity index is 844. The maximum Gasteiger partial charge on any atom is 0.225 e. The van der Waals surface area contributed by atoms with Crippen molar-refractivity contribution in [2.45, 2.75) is 12.8 Å². The van der Waals surface area contributed by atoms with Gasteiger partial charge in [0.1, 0.15) is 5.75 Å². The molecule has 0 aliphatic carbocycles. The molecule has 0 bridgehead atoms. The monoisotopic (exact) mass is 363 g/mol. The second-order valence-corrected chi connectivity index (χ2v) is 6.76. The van der Waals surface area contributed by atoms with E-state index in [9.17, 15) is 0 Å². The van der Waals surface area contributed by atoms with Crippen LogP contribution < -0.4 is 9.64 Å². The molecule has 4 rings (SSSR count). The summed E-state index contributed by atoms with van der Waals surface area (Å²) in [6, 6.07) is 11.9. The van der Waals surface area contributed by atoms with Crippen LogP contribution in [0, 0.1) is 0 Å². The van der Waals surface area contributed by atoms with Crippen LogP contribution in [0.25, 0.3) is 10.9 Å². The highest BCUT2D eigenvalue weighted by Gasteiger charge is 2.18. The first kappa shape index (κ1) is 17.7. The van der Waals surface area contributed by atoms with Crippen LogP contribution >= 0.6 is 0 Å². The van der Waals surface area contributed by atoms with E-state index >= 15 is 0 Å². The molecule has 0 atom stereocenters. The minimum atomic E-state index is 0.742. The number of anilines is 1. The molecule has 27 heavy (non-hydrogen) atoms. The molecule has 0 spiro atoms. The summed E-state index contributed by atoms with van der Waals surface area (Å²) in [5, 5.41) is 1.08. The second-order valence-electron chi connectivity index (χ2n) is 6.76. The van der Waals surface area contributed by atoms with Crippen molar-refractivity contribution in [3.63, 3.8) is 0 Å². The number of benzene rings is 1. The Hall–Kier alpha value is -2.73. The predicted molar refractivity (Wildman–Crippen MR) is 107 cm³/mol. The SMILES string of the molecule is c1cnc(N2CCN(CCCCOc3cccc4ncccc34)CC2)nc1. The lowest BCUT2D eigenvalue weighted by atomic mass is 10.2. The summed E-state index contributed by atoms with van der Waals surface area (Å²) >= 11 is 0. The molecule has 6 nitrogen and oxygen atoms in total. The van der Waals surface area contributed by atoms with Crippen LogP contribution in [0.1, 0.15) is 12.8 Å². The number of hydrogen-bond donors (Lipinski definition) is 0. The van der Waals surface area contributed by atoms with Gasteiger partial charge in [-0.25, -0.2) is 9.97 Å². The molecule has 0 saturated carbocycles. The summed E-state index contributed by atoms with van der Waals surface area (Å²) in [4.78, 5) is 17.8. The molecule has 0 unspecified atom stereocenters. The molecule has 1 aromatic carbocycles. The Kier molecular flexibility index (Phi) is 5.74. The standard InChI is InChI=1S/C21H25N5O/c1(2-17-27-20-8-3-7-19-18(20)6-4-9-22-19)12-25-13-15-26(16-14-25)21-23-10-5-11-24-21/h3-11H,1-2,12-17H2. The average molecular weight is 363 g/mol. The van der Waals surface area contributed by atoms with Gasteiger partial charge < -0.3 is 9.64 Å². The van der Waals surface area contributed by atoms with Crippen LogP contribution in [-0.2, 0) is 0 Å². The first-order valence-corrected chi connectivity index (χ1v) is 9.61. The molecular weight excluding hydrogens is 338 g/mol. The minimum absolute atomic E-state index is 0.742. The Morgan fingerprint density at radius 1 is 0.815 bits per heavy atom. The van der Waals surface area contributed by atoms with Gasteiger partial charge in [0.15, 0.2) is 0 Å². The number of rotatable bonds is 7. The van der Waals surface area contributed by atoms with Gasteiger partial charge >= 0.3 is 0 Å². The molecule has 2 aromatic heterocycles. The Morgan fingerprint density at radius 2 is 1.63 bits per heavy atom. The molecule has 0 N–H and O–H groups in total. The van der Waals surface area contributed by atoms with Crippen LogP contribution in [0.3, 0.4) is 0 Å². The quantitative estimate of drug-likeness (QED) is 0.602. The lowest BCUT2D eigenvalue weighted by Crippen LogP contribution is -2.47. The zero-order valence-electron chi connectivity index (χ0n) is 15.5. The maximum atomic E-state index is 6.00. The van der Waals surface area contributed by atoms with Gasteiger partial charge in [-0.2, -0.15) is 0 Å². The van der Waals surface area contributed by atoms with Gasteiger partial charge in [-0.05, 0) is 49.7 Å². The fourth-order valence-corrected chi connectivity index (χ4v) is 3.45.